The van der Waals surface area contributed by atoms with E-state index < -0.39 is 0 Å². The second-order valence-corrected chi connectivity index (χ2v) is 5.48. The van der Waals surface area contributed by atoms with Crippen molar-refractivity contribution < 1.29 is 9.53 Å². The Labute approximate surface area is 125 Å². The van der Waals surface area contributed by atoms with Crippen molar-refractivity contribution >= 4 is 11.7 Å². The maximum Gasteiger partial charge on any atom is 0.314 e. The molecule has 0 amide bonds. The minimum absolute atomic E-state index is 0.164. The molecule has 1 unspecified atom stereocenters. The second-order valence-electron chi connectivity index (χ2n) is 5.48. The topological polar surface area (TPSA) is 52.3 Å². The molecule has 2 aromatic rings. The van der Waals surface area contributed by atoms with E-state index in [1.807, 2.05) is 68.4 Å². The summed E-state index contributed by atoms with van der Waals surface area (Å²) in [6.07, 6.45) is 0. The van der Waals surface area contributed by atoms with E-state index in [0.717, 1.165) is 11.1 Å². The minimum Gasteiger partial charge on any atom is -0.460 e. The van der Waals surface area contributed by atoms with Crippen LogP contribution in [0.3, 0.4) is 0 Å². The molecule has 0 saturated heterocycles. The molecule has 0 bridgehead atoms. The molecule has 21 heavy (non-hydrogen) atoms. The predicted octanol–water partition coefficient (Wildman–Crippen LogP) is 3.75. The molecule has 3 nitrogen and oxygen atoms in total. The smallest absolute Gasteiger partial charge is 0.314 e. The zero-order valence-electron chi connectivity index (χ0n) is 12.5. The molecule has 0 heterocycles. The van der Waals surface area contributed by atoms with Gasteiger partial charge in [0.25, 0.3) is 0 Å². The molecule has 0 radical (unpaired) electrons. The first kappa shape index (κ1) is 15.1. The van der Waals surface area contributed by atoms with Gasteiger partial charge in [0.1, 0.15) is 6.61 Å². The van der Waals surface area contributed by atoms with Crippen molar-refractivity contribution in [2.45, 2.75) is 26.4 Å². The van der Waals surface area contributed by atoms with Gasteiger partial charge >= 0.3 is 5.97 Å². The van der Waals surface area contributed by atoms with Crippen LogP contribution in [0.2, 0.25) is 0 Å². The van der Waals surface area contributed by atoms with E-state index in [9.17, 15) is 4.79 Å². The van der Waals surface area contributed by atoms with Gasteiger partial charge in [-0.1, -0.05) is 56.3 Å². The molecule has 0 fully saturated rings. The highest BCUT2D eigenvalue weighted by Crippen LogP contribution is 2.27. The number of nitrogens with two attached hydrogens (primary N) is 1. The number of anilines is 1. The molecule has 2 N–H and O–H groups in total. The zero-order valence-corrected chi connectivity index (χ0v) is 12.5. The van der Waals surface area contributed by atoms with Crippen molar-refractivity contribution in [3.8, 4) is 0 Å². The van der Waals surface area contributed by atoms with Gasteiger partial charge in [-0.3, -0.25) is 4.79 Å². The lowest BCUT2D eigenvalue weighted by Crippen LogP contribution is -2.20. The van der Waals surface area contributed by atoms with Crippen molar-refractivity contribution in [2.75, 3.05) is 5.73 Å². The number of benzene rings is 2. The summed E-state index contributed by atoms with van der Waals surface area (Å²) in [7, 11) is 0. The van der Waals surface area contributed by atoms with Gasteiger partial charge in [-0.05, 0) is 29.2 Å². The molecule has 1 atom stereocenters. The third-order valence-electron chi connectivity index (χ3n) is 3.44. The molecular weight excluding hydrogens is 262 g/mol. The summed E-state index contributed by atoms with van der Waals surface area (Å²) >= 11 is 0. The maximum absolute atomic E-state index is 12.4. The molecule has 0 aromatic heterocycles. The van der Waals surface area contributed by atoms with E-state index in [1.165, 1.54) is 0 Å². The monoisotopic (exact) mass is 283 g/mol. The van der Waals surface area contributed by atoms with Crippen molar-refractivity contribution in [1.29, 1.82) is 0 Å². The number of carbonyl (C=O) groups excluding carboxylic acids is 1. The van der Waals surface area contributed by atoms with Gasteiger partial charge in [0, 0.05) is 5.69 Å². The Hall–Kier alpha value is -2.29. The number of hydrogen-bond acceptors (Lipinski definition) is 3. The average molecular weight is 283 g/mol. The first-order valence-corrected chi connectivity index (χ1v) is 7.14. The lowest BCUT2D eigenvalue weighted by molar-refractivity contribution is -0.148. The number of carbonyl (C=O) groups is 1. The van der Waals surface area contributed by atoms with Crippen LogP contribution in [0.5, 0.6) is 0 Å². The van der Waals surface area contributed by atoms with Crippen LogP contribution in [0.15, 0.2) is 54.6 Å². The van der Waals surface area contributed by atoms with E-state index in [1.54, 1.807) is 0 Å². The third-order valence-corrected chi connectivity index (χ3v) is 3.44. The molecule has 2 aromatic carbocycles. The number of ether oxygens (including phenoxy) is 1. The largest absolute Gasteiger partial charge is 0.460 e. The molecule has 3 heteroatoms. The highest BCUT2D eigenvalue weighted by Gasteiger charge is 2.25. The fourth-order valence-electron chi connectivity index (χ4n) is 2.31. The van der Waals surface area contributed by atoms with E-state index in [0.29, 0.717) is 12.3 Å². The summed E-state index contributed by atoms with van der Waals surface area (Å²) in [5.41, 5.74) is 8.32. The van der Waals surface area contributed by atoms with E-state index in [-0.39, 0.29) is 17.8 Å². The Morgan fingerprint density at radius 2 is 1.67 bits per heavy atom. The number of rotatable bonds is 5. The molecule has 110 valence electrons. The number of hydrogen-bond donors (Lipinski definition) is 1. The Morgan fingerprint density at radius 3 is 2.24 bits per heavy atom. The van der Waals surface area contributed by atoms with Gasteiger partial charge in [-0.15, -0.1) is 0 Å². The van der Waals surface area contributed by atoms with Crippen molar-refractivity contribution in [3.05, 3.63) is 65.7 Å². The molecular formula is C18H21NO2. The predicted molar refractivity (Wildman–Crippen MR) is 84.7 cm³/mol. The summed E-state index contributed by atoms with van der Waals surface area (Å²) in [5, 5.41) is 0. The van der Waals surface area contributed by atoms with Crippen LogP contribution in [-0.4, -0.2) is 5.97 Å². The molecule has 0 aliphatic rings. The van der Waals surface area contributed by atoms with Gasteiger partial charge < -0.3 is 10.5 Å². The fourth-order valence-corrected chi connectivity index (χ4v) is 2.31. The highest BCUT2D eigenvalue weighted by atomic mass is 16.5. The van der Waals surface area contributed by atoms with Crippen LogP contribution >= 0.6 is 0 Å². The van der Waals surface area contributed by atoms with Crippen LogP contribution in [-0.2, 0) is 16.1 Å². The number of nitrogen functional groups attached to an aromatic ring is 1. The summed E-state index contributed by atoms with van der Waals surface area (Å²) in [5.74, 6) is -0.301. The molecule has 0 aliphatic heterocycles. The first-order valence-electron chi connectivity index (χ1n) is 7.14. The Bertz CT molecular complexity index is 576. The lowest BCUT2D eigenvalue weighted by Gasteiger charge is -2.20. The normalized spacial score (nSPS) is 12.1. The van der Waals surface area contributed by atoms with Gasteiger partial charge in [0.15, 0.2) is 0 Å². The fraction of sp³-hybridized carbons (Fsp3) is 0.278. The molecule has 2 rings (SSSR count). The van der Waals surface area contributed by atoms with Gasteiger partial charge in [-0.2, -0.15) is 0 Å². The summed E-state index contributed by atoms with van der Waals surface area (Å²) in [6, 6.07) is 17.1. The van der Waals surface area contributed by atoms with Crippen molar-refractivity contribution in [1.82, 2.24) is 0 Å². The lowest BCUT2D eigenvalue weighted by atomic mass is 9.88. The Morgan fingerprint density at radius 1 is 1.05 bits per heavy atom. The summed E-state index contributed by atoms with van der Waals surface area (Å²) < 4.78 is 5.47. The first-order chi connectivity index (χ1) is 10.1. The van der Waals surface area contributed by atoms with Crippen LogP contribution in [0.25, 0.3) is 0 Å². The minimum atomic E-state index is -0.269. The van der Waals surface area contributed by atoms with Crippen LogP contribution in [0.1, 0.15) is 30.9 Å². The van der Waals surface area contributed by atoms with E-state index in [4.69, 9.17) is 10.5 Å². The van der Waals surface area contributed by atoms with Crippen LogP contribution < -0.4 is 5.73 Å². The molecule has 0 spiro atoms. The van der Waals surface area contributed by atoms with E-state index in [2.05, 4.69) is 0 Å². The maximum atomic E-state index is 12.4. The van der Waals surface area contributed by atoms with Gasteiger partial charge in [0.05, 0.1) is 5.92 Å². The van der Waals surface area contributed by atoms with Crippen LogP contribution in [0, 0.1) is 5.92 Å². The molecule has 0 saturated carbocycles. The SMILES string of the molecule is CC(C)C(C(=O)OCc1ccccc1)c1ccc(N)cc1. The Kier molecular flexibility index (Phi) is 4.99. The van der Waals surface area contributed by atoms with Crippen LogP contribution in [0.4, 0.5) is 5.69 Å². The number of esters is 1. The second kappa shape index (κ2) is 6.93. The zero-order chi connectivity index (χ0) is 15.2. The highest BCUT2D eigenvalue weighted by molar-refractivity contribution is 5.78. The van der Waals surface area contributed by atoms with E-state index >= 15 is 0 Å². The van der Waals surface area contributed by atoms with Crippen molar-refractivity contribution in [2.24, 2.45) is 5.92 Å². The summed E-state index contributed by atoms with van der Waals surface area (Å²) in [6.45, 7) is 4.34. The van der Waals surface area contributed by atoms with Gasteiger partial charge in [-0.25, -0.2) is 0 Å². The average Bonchev–Trinajstić information content (AvgIpc) is 2.48. The van der Waals surface area contributed by atoms with Gasteiger partial charge in [0.2, 0.25) is 0 Å². The molecule has 0 aliphatic carbocycles. The summed E-state index contributed by atoms with van der Waals surface area (Å²) in [4.78, 5) is 12.4. The quantitative estimate of drug-likeness (QED) is 0.671. The van der Waals surface area contributed by atoms with Crippen molar-refractivity contribution in [3.63, 3.8) is 0 Å². The standard InChI is InChI=1S/C18H21NO2/c1-13(2)17(15-8-10-16(19)11-9-15)18(20)21-12-14-6-4-3-5-7-14/h3-11,13,17H,12,19H2,1-2H3. The third kappa shape index (κ3) is 4.09. The Balaban J connectivity index is 2.07.